The minimum atomic E-state index is -1.56. The fourth-order valence-electron chi connectivity index (χ4n) is 0.689. The molecule has 0 spiro atoms. The summed E-state index contributed by atoms with van der Waals surface area (Å²) < 4.78 is 4.41. The highest BCUT2D eigenvalue weighted by Gasteiger charge is 2.24. The lowest BCUT2D eigenvalue weighted by molar-refractivity contribution is -0.146. The number of carbonyl (C=O) groups is 1. The van der Waals surface area contributed by atoms with Crippen LogP contribution in [0.5, 0.6) is 0 Å². The standard InChI is InChI=1S/C8H14O6/c1-2-7(12)14-4-6(11)8(13)5(10)3-9/h2,5-6,8-11,13H,1,3-4H2/t5-,6+,8+/m1/s1. The molecular formula is C8H14O6. The monoisotopic (exact) mass is 206 g/mol. The third kappa shape index (κ3) is 4.33. The molecule has 0 aliphatic heterocycles. The van der Waals surface area contributed by atoms with E-state index >= 15 is 0 Å². The molecule has 0 radical (unpaired) electrons. The van der Waals surface area contributed by atoms with Crippen LogP contribution in [0.3, 0.4) is 0 Å². The van der Waals surface area contributed by atoms with E-state index in [1.54, 1.807) is 0 Å². The summed E-state index contributed by atoms with van der Waals surface area (Å²) in [5.41, 5.74) is 0. The van der Waals surface area contributed by atoms with Gasteiger partial charge >= 0.3 is 5.97 Å². The first-order valence-corrected chi connectivity index (χ1v) is 3.97. The number of esters is 1. The second-order valence-electron chi connectivity index (χ2n) is 2.64. The summed E-state index contributed by atoms with van der Waals surface area (Å²) in [7, 11) is 0. The maximum Gasteiger partial charge on any atom is 0.330 e. The maximum absolute atomic E-state index is 10.5. The Morgan fingerprint density at radius 1 is 1.36 bits per heavy atom. The van der Waals surface area contributed by atoms with E-state index in [-0.39, 0.29) is 0 Å². The van der Waals surface area contributed by atoms with Crippen LogP contribution in [-0.2, 0) is 9.53 Å². The number of hydrogen-bond acceptors (Lipinski definition) is 6. The van der Waals surface area contributed by atoms with Crippen molar-refractivity contribution in [2.45, 2.75) is 18.3 Å². The van der Waals surface area contributed by atoms with Crippen LogP contribution in [-0.4, -0.2) is 57.9 Å². The molecule has 0 rings (SSSR count). The molecule has 3 atom stereocenters. The van der Waals surface area contributed by atoms with Gasteiger partial charge in [0.05, 0.1) is 6.61 Å². The molecule has 82 valence electrons. The van der Waals surface area contributed by atoms with Crippen molar-refractivity contribution in [1.29, 1.82) is 0 Å². The van der Waals surface area contributed by atoms with Crippen molar-refractivity contribution in [3.8, 4) is 0 Å². The van der Waals surface area contributed by atoms with Gasteiger partial charge in [0.25, 0.3) is 0 Å². The fourth-order valence-corrected chi connectivity index (χ4v) is 0.689. The molecule has 0 saturated heterocycles. The first-order valence-electron chi connectivity index (χ1n) is 3.97. The summed E-state index contributed by atoms with van der Waals surface area (Å²) in [5.74, 6) is -0.741. The van der Waals surface area contributed by atoms with Gasteiger partial charge in [-0.3, -0.25) is 0 Å². The molecular weight excluding hydrogens is 192 g/mol. The lowest BCUT2D eigenvalue weighted by Crippen LogP contribution is -2.42. The highest BCUT2D eigenvalue weighted by Crippen LogP contribution is 2.00. The zero-order valence-corrected chi connectivity index (χ0v) is 7.54. The van der Waals surface area contributed by atoms with Gasteiger partial charge in [-0.15, -0.1) is 0 Å². The van der Waals surface area contributed by atoms with Crippen LogP contribution in [0.4, 0.5) is 0 Å². The molecule has 0 unspecified atom stereocenters. The van der Waals surface area contributed by atoms with Crippen molar-refractivity contribution >= 4 is 5.97 Å². The Morgan fingerprint density at radius 3 is 2.36 bits per heavy atom. The number of rotatable bonds is 6. The van der Waals surface area contributed by atoms with E-state index in [0.717, 1.165) is 6.08 Å². The molecule has 0 aromatic heterocycles. The third-order valence-corrected chi connectivity index (χ3v) is 1.54. The summed E-state index contributed by atoms with van der Waals surface area (Å²) >= 11 is 0. The topological polar surface area (TPSA) is 107 Å². The van der Waals surface area contributed by atoms with Crippen molar-refractivity contribution in [2.24, 2.45) is 0 Å². The number of aliphatic hydroxyl groups is 4. The van der Waals surface area contributed by atoms with Crippen molar-refractivity contribution in [2.75, 3.05) is 13.2 Å². The fraction of sp³-hybridized carbons (Fsp3) is 0.625. The van der Waals surface area contributed by atoms with Crippen molar-refractivity contribution in [1.82, 2.24) is 0 Å². The Balaban J connectivity index is 3.88. The van der Waals surface area contributed by atoms with E-state index < -0.39 is 37.5 Å². The van der Waals surface area contributed by atoms with Crippen molar-refractivity contribution < 1.29 is 30.0 Å². The second kappa shape index (κ2) is 6.50. The average molecular weight is 206 g/mol. The summed E-state index contributed by atoms with van der Waals surface area (Å²) in [6.45, 7) is 1.97. The van der Waals surface area contributed by atoms with Crippen molar-refractivity contribution in [3.05, 3.63) is 12.7 Å². The molecule has 0 aliphatic carbocycles. The van der Waals surface area contributed by atoms with Crippen LogP contribution >= 0.6 is 0 Å². The predicted octanol–water partition coefficient (Wildman–Crippen LogP) is -2.21. The molecule has 6 nitrogen and oxygen atoms in total. The largest absolute Gasteiger partial charge is 0.460 e. The zero-order valence-electron chi connectivity index (χ0n) is 7.54. The molecule has 0 amide bonds. The summed E-state index contributed by atoms with van der Waals surface area (Å²) in [5, 5.41) is 35.6. The van der Waals surface area contributed by atoms with Crippen LogP contribution in [0.2, 0.25) is 0 Å². The maximum atomic E-state index is 10.5. The van der Waals surface area contributed by atoms with Gasteiger partial charge in [-0.1, -0.05) is 6.58 Å². The van der Waals surface area contributed by atoms with Gasteiger partial charge in [0.1, 0.15) is 24.9 Å². The highest BCUT2D eigenvalue weighted by atomic mass is 16.5. The minimum absolute atomic E-state index is 0.469. The number of hydrogen-bond donors (Lipinski definition) is 4. The van der Waals surface area contributed by atoms with E-state index in [0.29, 0.717) is 0 Å². The molecule has 14 heavy (non-hydrogen) atoms. The van der Waals surface area contributed by atoms with E-state index in [9.17, 15) is 4.79 Å². The first kappa shape index (κ1) is 13.1. The van der Waals surface area contributed by atoms with Gasteiger partial charge in [0.2, 0.25) is 0 Å². The van der Waals surface area contributed by atoms with Gasteiger partial charge in [0.15, 0.2) is 0 Å². The molecule has 0 saturated carbocycles. The average Bonchev–Trinajstić information content (AvgIpc) is 2.22. The van der Waals surface area contributed by atoms with Gasteiger partial charge in [0, 0.05) is 6.08 Å². The predicted molar refractivity (Wildman–Crippen MR) is 46.3 cm³/mol. The Kier molecular flexibility index (Phi) is 6.06. The lowest BCUT2D eigenvalue weighted by Gasteiger charge is -2.20. The quantitative estimate of drug-likeness (QED) is 0.290. The Morgan fingerprint density at radius 2 is 1.93 bits per heavy atom. The molecule has 0 aromatic rings. The molecule has 0 bridgehead atoms. The third-order valence-electron chi connectivity index (χ3n) is 1.54. The summed E-state index contributed by atoms with van der Waals surface area (Å²) in [6.07, 6.45) is -3.56. The highest BCUT2D eigenvalue weighted by molar-refractivity contribution is 5.81. The molecule has 0 heterocycles. The van der Waals surface area contributed by atoms with Crippen LogP contribution < -0.4 is 0 Å². The van der Waals surface area contributed by atoms with Gasteiger partial charge in [-0.25, -0.2) is 4.79 Å². The number of aliphatic hydroxyl groups excluding tert-OH is 4. The Hall–Kier alpha value is -0.950. The van der Waals surface area contributed by atoms with Crippen LogP contribution in [0, 0.1) is 0 Å². The Labute approximate surface area is 81.1 Å². The van der Waals surface area contributed by atoms with Crippen LogP contribution in [0.25, 0.3) is 0 Å². The normalized spacial score (nSPS) is 16.9. The molecule has 0 aliphatic rings. The SMILES string of the molecule is C=CC(=O)OC[C@H](O)[C@@H](O)[C@H](O)CO. The second-order valence-corrected chi connectivity index (χ2v) is 2.64. The molecule has 0 fully saturated rings. The molecule has 4 N–H and O–H groups in total. The van der Waals surface area contributed by atoms with Gasteiger partial charge < -0.3 is 25.2 Å². The zero-order chi connectivity index (χ0) is 11.1. The van der Waals surface area contributed by atoms with E-state index in [2.05, 4.69) is 11.3 Å². The Bertz CT molecular complexity index is 192. The summed E-state index contributed by atoms with van der Waals surface area (Å²) in [6, 6.07) is 0. The molecule has 0 aromatic carbocycles. The smallest absolute Gasteiger partial charge is 0.330 e. The molecule has 6 heteroatoms. The number of ether oxygens (including phenoxy) is 1. The minimum Gasteiger partial charge on any atom is -0.460 e. The van der Waals surface area contributed by atoms with Crippen LogP contribution in [0.15, 0.2) is 12.7 Å². The van der Waals surface area contributed by atoms with E-state index in [4.69, 9.17) is 20.4 Å². The lowest BCUT2D eigenvalue weighted by atomic mass is 10.1. The van der Waals surface area contributed by atoms with E-state index in [1.165, 1.54) is 0 Å². The first-order chi connectivity index (χ1) is 6.52. The number of carbonyl (C=O) groups excluding carboxylic acids is 1. The van der Waals surface area contributed by atoms with E-state index in [1.807, 2.05) is 0 Å². The van der Waals surface area contributed by atoms with Crippen LogP contribution in [0.1, 0.15) is 0 Å². The van der Waals surface area contributed by atoms with Crippen molar-refractivity contribution in [3.63, 3.8) is 0 Å². The summed E-state index contributed by atoms with van der Waals surface area (Å²) in [4.78, 5) is 10.5. The van der Waals surface area contributed by atoms with Gasteiger partial charge in [-0.2, -0.15) is 0 Å². The van der Waals surface area contributed by atoms with Gasteiger partial charge in [-0.05, 0) is 0 Å².